The number of benzene rings is 1. The van der Waals surface area contributed by atoms with E-state index in [-0.39, 0.29) is 0 Å². The third-order valence-electron chi connectivity index (χ3n) is 4.15. The van der Waals surface area contributed by atoms with E-state index in [4.69, 9.17) is 4.74 Å². The highest BCUT2D eigenvalue weighted by molar-refractivity contribution is 5.62. The Morgan fingerprint density at radius 2 is 2.21 bits per heavy atom. The summed E-state index contributed by atoms with van der Waals surface area (Å²) in [5.74, 6) is 0. The molecule has 3 heteroatoms. The van der Waals surface area contributed by atoms with Gasteiger partial charge in [0.05, 0.1) is 6.10 Å². The zero-order valence-corrected chi connectivity index (χ0v) is 12.0. The van der Waals surface area contributed by atoms with Crippen molar-refractivity contribution in [2.45, 2.75) is 45.3 Å². The Labute approximate surface area is 115 Å². The highest BCUT2D eigenvalue weighted by Crippen LogP contribution is 2.29. The molecule has 0 amide bonds. The Morgan fingerprint density at radius 1 is 1.32 bits per heavy atom. The topological polar surface area (TPSA) is 24.5 Å². The summed E-state index contributed by atoms with van der Waals surface area (Å²) in [4.78, 5) is 2.47. The molecule has 1 aromatic rings. The molecule has 2 aliphatic heterocycles. The average molecular weight is 260 g/mol. The second-order valence-electron chi connectivity index (χ2n) is 5.91. The van der Waals surface area contributed by atoms with Gasteiger partial charge in [-0.3, -0.25) is 0 Å². The van der Waals surface area contributed by atoms with Gasteiger partial charge in [0.1, 0.15) is 0 Å². The molecule has 0 aromatic heterocycles. The van der Waals surface area contributed by atoms with Crippen molar-refractivity contribution in [3.05, 3.63) is 23.8 Å². The molecule has 1 aromatic carbocycles. The van der Waals surface area contributed by atoms with Crippen LogP contribution in [-0.2, 0) is 11.2 Å². The van der Waals surface area contributed by atoms with E-state index >= 15 is 0 Å². The van der Waals surface area contributed by atoms with Crippen molar-refractivity contribution in [3.63, 3.8) is 0 Å². The van der Waals surface area contributed by atoms with Crippen molar-refractivity contribution in [2.75, 3.05) is 29.9 Å². The van der Waals surface area contributed by atoms with Crippen molar-refractivity contribution in [1.82, 2.24) is 0 Å². The predicted octanol–water partition coefficient (Wildman–Crippen LogP) is 3.05. The van der Waals surface area contributed by atoms with Crippen LogP contribution in [0.15, 0.2) is 18.2 Å². The summed E-state index contributed by atoms with van der Waals surface area (Å²) in [6.07, 6.45) is 3.88. The molecule has 1 fully saturated rings. The number of aryl methyl sites for hydroxylation is 1. The minimum absolute atomic E-state index is 0.330. The van der Waals surface area contributed by atoms with Gasteiger partial charge >= 0.3 is 0 Å². The van der Waals surface area contributed by atoms with Crippen LogP contribution in [0.1, 0.15) is 32.3 Å². The van der Waals surface area contributed by atoms with E-state index in [0.29, 0.717) is 12.1 Å². The van der Waals surface area contributed by atoms with E-state index < -0.39 is 0 Å². The van der Waals surface area contributed by atoms with E-state index in [9.17, 15) is 0 Å². The molecule has 0 radical (unpaired) electrons. The number of hydrogen-bond donors (Lipinski definition) is 1. The summed E-state index contributed by atoms with van der Waals surface area (Å²) in [5.41, 5.74) is 4.14. The van der Waals surface area contributed by atoms with Crippen LogP contribution in [0.3, 0.4) is 0 Å². The molecule has 0 saturated carbocycles. The predicted molar refractivity (Wildman–Crippen MR) is 80.1 cm³/mol. The van der Waals surface area contributed by atoms with E-state index in [2.05, 4.69) is 42.3 Å². The van der Waals surface area contributed by atoms with Crippen molar-refractivity contribution in [2.24, 2.45) is 0 Å². The van der Waals surface area contributed by atoms with Crippen LogP contribution >= 0.6 is 0 Å². The molecule has 0 spiro atoms. The maximum Gasteiger partial charge on any atom is 0.0721 e. The van der Waals surface area contributed by atoms with E-state index in [0.717, 1.165) is 26.1 Å². The summed E-state index contributed by atoms with van der Waals surface area (Å²) >= 11 is 0. The average Bonchev–Trinajstić information content (AvgIpc) is 2.63. The van der Waals surface area contributed by atoms with Crippen LogP contribution in [0.4, 0.5) is 11.4 Å². The molecule has 2 atom stereocenters. The van der Waals surface area contributed by atoms with Crippen LogP contribution < -0.4 is 10.2 Å². The Morgan fingerprint density at radius 3 is 3.11 bits per heavy atom. The van der Waals surface area contributed by atoms with E-state index in [1.54, 1.807) is 0 Å². The van der Waals surface area contributed by atoms with Crippen LogP contribution in [0.25, 0.3) is 0 Å². The minimum Gasteiger partial charge on any atom is -0.382 e. The zero-order chi connectivity index (χ0) is 13.2. The minimum atomic E-state index is 0.330. The van der Waals surface area contributed by atoms with Crippen molar-refractivity contribution in [1.29, 1.82) is 0 Å². The van der Waals surface area contributed by atoms with Gasteiger partial charge < -0.3 is 15.0 Å². The number of nitrogens with zero attached hydrogens (tertiary/aromatic N) is 1. The van der Waals surface area contributed by atoms with Crippen molar-refractivity contribution in [3.8, 4) is 0 Å². The maximum atomic E-state index is 5.73. The van der Waals surface area contributed by atoms with Gasteiger partial charge in [0.15, 0.2) is 0 Å². The third-order valence-corrected chi connectivity index (χ3v) is 4.15. The fraction of sp³-hybridized carbons (Fsp3) is 0.625. The maximum absolute atomic E-state index is 5.73. The van der Waals surface area contributed by atoms with Gasteiger partial charge in [-0.25, -0.2) is 0 Å². The summed E-state index contributed by atoms with van der Waals surface area (Å²) in [5, 5.41) is 3.57. The Hall–Kier alpha value is -1.22. The molecule has 0 aliphatic carbocycles. The smallest absolute Gasteiger partial charge is 0.0721 e. The number of nitrogens with one attached hydrogen (secondary N) is 1. The lowest BCUT2D eigenvalue weighted by atomic mass is 9.98. The fourth-order valence-corrected chi connectivity index (χ4v) is 3.06. The van der Waals surface area contributed by atoms with Crippen LogP contribution in [0.2, 0.25) is 0 Å². The Balaban J connectivity index is 1.81. The van der Waals surface area contributed by atoms with Gasteiger partial charge in [0.2, 0.25) is 0 Å². The van der Waals surface area contributed by atoms with Crippen LogP contribution in [-0.4, -0.2) is 31.8 Å². The summed E-state index contributed by atoms with van der Waals surface area (Å²) in [6, 6.07) is 7.47. The molecule has 3 rings (SSSR count). The molecule has 19 heavy (non-hydrogen) atoms. The lowest BCUT2D eigenvalue weighted by molar-refractivity contribution is 0.0821. The molecule has 2 unspecified atom stereocenters. The molecule has 3 nitrogen and oxygen atoms in total. The number of fused-ring (bicyclic) bond motifs is 1. The largest absolute Gasteiger partial charge is 0.382 e. The molecular formula is C16H24N2O. The SMILES string of the molecule is CC1CCc2cc(N3CCCOC(C)C3)ccc2N1. The molecule has 1 N–H and O–H groups in total. The van der Waals surface area contributed by atoms with Crippen LogP contribution in [0, 0.1) is 0 Å². The van der Waals surface area contributed by atoms with E-state index in [1.807, 2.05) is 0 Å². The Kier molecular flexibility index (Phi) is 3.65. The molecule has 2 heterocycles. The number of ether oxygens (including phenoxy) is 1. The first-order valence-electron chi connectivity index (χ1n) is 7.48. The molecule has 1 saturated heterocycles. The second-order valence-corrected chi connectivity index (χ2v) is 5.91. The molecule has 2 aliphatic rings. The highest BCUT2D eigenvalue weighted by Gasteiger charge is 2.18. The quantitative estimate of drug-likeness (QED) is 0.840. The van der Waals surface area contributed by atoms with Crippen molar-refractivity contribution >= 4 is 11.4 Å². The number of anilines is 2. The van der Waals surface area contributed by atoms with Gasteiger partial charge in [-0.05, 0) is 56.9 Å². The summed E-state index contributed by atoms with van der Waals surface area (Å²) in [7, 11) is 0. The molecule has 104 valence electrons. The van der Waals surface area contributed by atoms with Gasteiger partial charge in [0.25, 0.3) is 0 Å². The molecular weight excluding hydrogens is 236 g/mol. The summed E-state index contributed by atoms with van der Waals surface area (Å²) < 4.78 is 5.73. The Bertz CT molecular complexity index is 446. The lowest BCUT2D eigenvalue weighted by Crippen LogP contribution is -2.30. The zero-order valence-electron chi connectivity index (χ0n) is 12.0. The highest BCUT2D eigenvalue weighted by atomic mass is 16.5. The van der Waals surface area contributed by atoms with E-state index in [1.165, 1.54) is 29.8 Å². The first kappa shape index (κ1) is 12.8. The van der Waals surface area contributed by atoms with Crippen LogP contribution in [0.5, 0.6) is 0 Å². The number of rotatable bonds is 1. The van der Waals surface area contributed by atoms with Gasteiger partial charge in [-0.2, -0.15) is 0 Å². The third kappa shape index (κ3) is 2.86. The van der Waals surface area contributed by atoms with Gasteiger partial charge in [0, 0.05) is 37.1 Å². The first-order chi connectivity index (χ1) is 9.22. The fourth-order valence-electron chi connectivity index (χ4n) is 3.06. The molecule has 0 bridgehead atoms. The second kappa shape index (κ2) is 5.41. The summed E-state index contributed by atoms with van der Waals surface area (Å²) in [6.45, 7) is 7.42. The number of hydrogen-bond acceptors (Lipinski definition) is 3. The first-order valence-corrected chi connectivity index (χ1v) is 7.48. The van der Waals surface area contributed by atoms with Gasteiger partial charge in [-0.1, -0.05) is 0 Å². The van der Waals surface area contributed by atoms with Gasteiger partial charge in [-0.15, -0.1) is 0 Å². The van der Waals surface area contributed by atoms with Crippen molar-refractivity contribution < 1.29 is 4.74 Å². The lowest BCUT2D eigenvalue weighted by Gasteiger charge is -2.28. The monoisotopic (exact) mass is 260 g/mol. The normalized spacial score (nSPS) is 27.4. The standard InChI is InChI=1S/C16H24N2O/c1-12-4-5-14-10-15(6-7-16(14)17-12)18-8-3-9-19-13(2)11-18/h6-7,10,12-13,17H,3-5,8-9,11H2,1-2H3.